The minimum atomic E-state index is -0.606. The van der Waals surface area contributed by atoms with Gasteiger partial charge in [-0.3, -0.25) is 4.79 Å². The number of carbonyl (C=O) groups is 1. The number of hydrogen-bond donors (Lipinski definition) is 1. The highest BCUT2D eigenvalue weighted by molar-refractivity contribution is 5.96. The molecule has 0 aromatic heterocycles. The van der Waals surface area contributed by atoms with Crippen LogP contribution in [-0.4, -0.2) is 17.0 Å². The van der Waals surface area contributed by atoms with Crippen LogP contribution in [0.2, 0.25) is 0 Å². The summed E-state index contributed by atoms with van der Waals surface area (Å²) >= 11 is 0. The summed E-state index contributed by atoms with van der Waals surface area (Å²) in [6, 6.07) is 0. The van der Waals surface area contributed by atoms with E-state index in [9.17, 15) is 9.90 Å². The highest BCUT2D eigenvalue weighted by Gasteiger charge is 2.25. The maximum absolute atomic E-state index is 11.1. The molecule has 0 bridgehead atoms. The summed E-state index contributed by atoms with van der Waals surface area (Å²) in [6.45, 7) is 2.08. The summed E-state index contributed by atoms with van der Waals surface area (Å²) in [5.74, 6) is -0.314. The van der Waals surface area contributed by atoms with Gasteiger partial charge in [0.05, 0.1) is 12.0 Å². The molecule has 66 valence electrons. The first-order valence-corrected chi connectivity index (χ1v) is 4.32. The first-order chi connectivity index (χ1) is 5.75. The molecule has 1 N–H and O–H groups in total. The Morgan fingerprint density at radius 1 is 1.67 bits per heavy atom. The standard InChI is InChI=1S/C10H14O2/c1-2-3-4-5-8-9(11)6-7-10(8)12/h4-9,11H,2-3H2,1H3/t8-,9-/m0/s1. The van der Waals surface area contributed by atoms with Gasteiger partial charge in [0.1, 0.15) is 0 Å². The Labute approximate surface area is 72.6 Å². The van der Waals surface area contributed by atoms with E-state index in [0.717, 1.165) is 12.8 Å². The summed E-state index contributed by atoms with van der Waals surface area (Å²) < 4.78 is 0. The minimum Gasteiger partial charge on any atom is -0.388 e. The van der Waals surface area contributed by atoms with Crippen LogP contribution in [0.1, 0.15) is 19.8 Å². The maximum atomic E-state index is 11.1. The van der Waals surface area contributed by atoms with Crippen molar-refractivity contribution in [1.29, 1.82) is 0 Å². The summed E-state index contributed by atoms with van der Waals surface area (Å²) in [7, 11) is 0. The molecule has 0 heterocycles. The van der Waals surface area contributed by atoms with Crippen LogP contribution in [-0.2, 0) is 4.79 Å². The van der Waals surface area contributed by atoms with E-state index in [0.29, 0.717) is 0 Å². The van der Waals surface area contributed by atoms with Gasteiger partial charge >= 0.3 is 0 Å². The first-order valence-electron chi connectivity index (χ1n) is 4.32. The summed E-state index contributed by atoms with van der Waals surface area (Å²) in [5, 5.41) is 9.30. The molecular formula is C10H14O2. The van der Waals surface area contributed by atoms with E-state index in [1.54, 1.807) is 12.2 Å². The third-order valence-electron chi connectivity index (χ3n) is 1.95. The highest BCUT2D eigenvalue weighted by Crippen LogP contribution is 2.16. The van der Waals surface area contributed by atoms with Crippen LogP contribution in [0.25, 0.3) is 0 Å². The van der Waals surface area contributed by atoms with Crippen LogP contribution < -0.4 is 0 Å². The van der Waals surface area contributed by atoms with Gasteiger partial charge in [-0.15, -0.1) is 0 Å². The lowest BCUT2D eigenvalue weighted by Gasteiger charge is -2.06. The maximum Gasteiger partial charge on any atom is 0.165 e. The van der Waals surface area contributed by atoms with Gasteiger partial charge in [0.15, 0.2) is 5.78 Å². The van der Waals surface area contributed by atoms with Crippen LogP contribution in [0.3, 0.4) is 0 Å². The van der Waals surface area contributed by atoms with Gasteiger partial charge in [-0.1, -0.05) is 31.6 Å². The van der Waals surface area contributed by atoms with E-state index in [-0.39, 0.29) is 11.7 Å². The van der Waals surface area contributed by atoms with Crippen LogP contribution >= 0.6 is 0 Å². The lowest BCUT2D eigenvalue weighted by Crippen LogP contribution is -2.17. The molecule has 0 aliphatic heterocycles. The van der Waals surface area contributed by atoms with E-state index in [1.807, 2.05) is 6.08 Å². The fourth-order valence-corrected chi connectivity index (χ4v) is 1.21. The first kappa shape index (κ1) is 9.20. The number of carbonyl (C=O) groups excluding carboxylic acids is 1. The number of allylic oxidation sites excluding steroid dienone is 2. The zero-order chi connectivity index (χ0) is 8.97. The Bertz CT molecular complexity index is 216. The lowest BCUT2D eigenvalue weighted by atomic mass is 10.0. The van der Waals surface area contributed by atoms with Crippen molar-refractivity contribution >= 4 is 5.78 Å². The largest absolute Gasteiger partial charge is 0.388 e. The van der Waals surface area contributed by atoms with E-state index < -0.39 is 6.10 Å². The second kappa shape index (κ2) is 4.21. The number of aliphatic hydroxyl groups excluding tert-OH is 1. The zero-order valence-corrected chi connectivity index (χ0v) is 7.23. The molecule has 2 heteroatoms. The second-order valence-corrected chi connectivity index (χ2v) is 2.99. The molecule has 0 radical (unpaired) electrons. The normalized spacial score (nSPS) is 29.0. The van der Waals surface area contributed by atoms with Crippen LogP contribution in [0.5, 0.6) is 0 Å². The molecule has 0 unspecified atom stereocenters. The third kappa shape index (κ3) is 2.05. The van der Waals surface area contributed by atoms with Crippen LogP contribution in [0.4, 0.5) is 0 Å². The molecule has 1 aliphatic carbocycles. The quantitative estimate of drug-likeness (QED) is 0.644. The van der Waals surface area contributed by atoms with E-state index in [1.165, 1.54) is 6.08 Å². The molecule has 1 aliphatic rings. The monoisotopic (exact) mass is 166 g/mol. The van der Waals surface area contributed by atoms with Gasteiger partial charge in [-0.05, 0) is 12.5 Å². The van der Waals surface area contributed by atoms with Crippen molar-refractivity contribution in [2.45, 2.75) is 25.9 Å². The zero-order valence-electron chi connectivity index (χ0n) is 7.23. The highest BCUT2D eigenvalue weighted by atomic mass is 16.3. The van der Waals surface area contributed by atoms with E-state index in [4.69, 9.17) is 0 Å². The number of aliphatic hydroxyl groups is 1. The molecule has 0 aromatic rings. The van der Waals surface area contributed by atoms with Crippen LogP contribution in [0, 0.1) is 5.92 Å². The van der Waals surface area contributed by atoms with Gasteiger partial charge in [-0.2, -0.15) is 0 Å². The number of rotatable bonds is 3. The Morgan fingerprint density at radius 2 is 2.42 bits per heavy atom. The molecule has 0 saturated carbocycles. The molecular weight excluding hydrogens is 152 g/mol. The van der Waals surface area contributed by atoms with Crippen LogP contribution in [0.15, 0.2) is 24.3 Å². The molecule has 0 saturated heterocycles. The Balaban J connectivity index is 2.47. The van der Waals surface area contributed by atoms with Gasteiger partial charge in [0.25, 0.3) is 0 Å². The van der Waals surface area contributed by atoms with Gasteiger partial charge in [0.2, 0.25) is 0 Å². The smallest absolute Gasteiger partial charge is 0.165 e. The molecule has 2 nitrogen and oxygen atoms in total. The van der Waals surface area contributed by atoms with Crippen molar-refractivity contribution in [3.05, 3.63) is 24.3 Å². The molecule has 0 amide bonds. The Kier molecular flexibility index (Phi) is 3.23. The molecule has 12 heavy (non-hydrogen) atoms. The fraction of sp³-hybridized carbons (Fsp3) is 0.500. The lowest BCUT2D eigenvalue weighted by molar-refractivity contribution is -0.117. The Morgan fingerprint density at radius 3 is 2.92 bits per heavy atom. The van der Waals surface area contributed by atoms with Gasteiger partial charge < -0.3 is 5.11 Å². The third-order valence-corrected chi connectivity index (χ3v) is 1.95. The van der Waals surface area contributed by atoms with Crippen molar-refractivity contribution < 1.29 is 9.90 Å². The number of hydrogen-bond acceptors (Lipinski definition) is 2. The molecule has 0 aromatic carbocycles. The number of unbranched alkanes of at least 4 members (excludes halogenated alkanes) is 1. The second-order valence-electron chi connectivity index (χ2n) is 2.99. The SMILES string of the molecule is CCCC=C[C@@H]1C(=O)C=C[C@@H]1O. The van der Waals surface area contributed by atoms with E-state index in [2.05, 4.69) is 6.92 Å². The van der Waals surface area contributed by atoms with Crippen molar-refractivity contribution in [2.75, 3.05) is 0 Å². The molecule has 0 spiro atoms. The topological polar surface area (TPSA) is 37.3 Å². The summed E-state index contributed by atoms with van der Waals surface area (Å²) in [6.07, 6.45) is 8.19. The predicted octanol–water partition coefficient (Wildman–Crippen LogP) is 1.46. The van der Waals surface area contributed by atoms with Gasteiger partial charge in [0, 0.05) is 0 Å². The summed E-state index contributed by atoms with van der Waals surface area (Å²) in [5.41, 5.74) is 0. The van der Waals surface area contributed by atoms with E-state index >= 15 is 0 Å². The Hall–Kier alpha value is -0.890. The van der Waals surface area contributed by atoms with Crippen molar-refractivity contribution in [1.82, 2.24) is 0 Å². The van der Waals surface area contributed by atoms with Crippen molar-refractivity contribution in [3.63, 3.8) is 0 Å². The van der Waals surface area contributed by atoms with Crippen molar-refractivity contribution in [2.24, 2.45) is 5.92 Å². The van der Waals surface area contributed by atoms with Gasteiger partial charge in [-0.25, -0.2) is 0 Å². The molecule has 1 rings (SSSR count). The predicted molar refractivity (Wildman–Crippen MR) is 47.7 cm³/mol. The summed E-state index contributed by atoms with van der Waals surface area (Å²) in [4.78, 5) is 11.1. The molecule has 0 fully saturated rings. The molecule has 2 atom stereocenters. The average molecular weight is 166 g/mol. The number of ketones is 1. The minimum absolute atomic E-state index is 0.00912. The fourth-order valence-electron chi connectivity index (χ4n) is 1.21. The average Bonchev–Trinajstić information content (AvgIpc) is 2.35. The van der Waals surface area contributed by atoms with Crippen molar-refractivity contribution in [3.8, 4) is 0 Å².